The number of hydrogen-bond acceptors (Lipinski definition) is 6. The van der Waals surface area contributed by atoms with E-state index in [-0.39, 0.29) is 13.1 Å². The van der Waals surface area contributed by atoms with Gasteiger partial charge in [0.15, 0.2) is 0 Å². The molecule has 0 unspecified atom stereocenters. The largest absolute Gasteiger partial charge is 0.468 e. The predicted molar refractivity (Wildman–Crippen MR) is 85.3 cm³/mol. The first-order valence-corrected chi connectivity index (χ1v) is 7.66. The van der Waals surface area contributed by atoms with Crippen LogP contribution in [0.3, 0.4) is 0 Å². The zero-order valence-corrected chi connectivity index (χ0v) is 14.1. The average Bonchev–Trinajstić information content (AvgIpc) is 2.59. The molecule has 0 aliphatic heterocycles. The number of unbranched alkanes of at least 4 members (excludes halogenated alkanes) is 3. The van der Waals surface area contributed by atoms with Crippen LogP contribution in [0.1, 0.15) is 25.7 Å². The van der Waals surface area contributed by atoms with Crippen LogP contribution in [0.2, 0.25) is 0 Å². The van der Waals surface area contributed by atoms with Gasteiger partial charge < -0.3 is 30.7 Å². The normalized spacial score (nSPS) is 9.58. The smallest absolute Gasteiger partial charge is 0.325 e. The van der Waals surface area contributed by atoms with E-state index < -0.39 is 24.0 Å². The Hall–Kier alpha value is -2.52. The number of nitrogens with one attached hydrogen (secondary N) is 4. The Labute approximate surface area is 141 Å². The van der Waals surface area contributed by atoms with Crippen molar-refractivity contribution >= 4 is 24.0 Å². The zero-order valence-electron chi connectivity index (χ0n) is 14.1. The predicted octanol–water partition coefficient (Wildman–Crippen LogP) is -0.509. The second-order valence-electron chi connectivity index (χ2n) is 4.79. The number of ether oxygens (including phenoxy) is 2. The topological polar surface area (TPSA) is 135 Å². The minimum Gasteiger partial charge on any atom is -0.468 e. The Morgan fingerprint density at radius 2 is 1.00 bits per heavy atom. The number of methoxy groups -OCH3 is 2. The Morgan fingerprint density at radius 3 is 1.33 bits per heavy atom. The molecule has 0 aliphatic carbocycles. The molecule has 0 spiro atoms. The molecule has 24 heavy (non-hydrogen) atoms. The van der Waals surface area contributed by atoms with E-state index in [4.69, 9.17) is 0 Å². The number of urea groups is 2. The van der Waals surface area contributed by atoms with Crippen molar-refractivity contribution < 1.29 is 28.7 Å². The van der Waals surface area contributed by atoms with Gasteiger partial charge in [0.05, 0.1) is 14.2 Å². The lowest BCUT2D eigenvalue weighted by Crippen LogP contribution is -2.39. The highest BCUT2D eigenvalue weighted by Crippen LogP contribution is 1.97. The van der Waals surface area contributed by atoms with Crippen molar-refractivity contribution in [2.24, 2.45) is 0 Å². The minimum absolute atomic E-state index is 0.161. The fraction of sp³-hybridized carbons (Fsp3) is 0.714. The van der Waals surface area contributed by atoms with E-state index in [9.17, 15) is 19.2 Å². The molecule has 0 rings (SSSR count). The maximum atomic E-state index is 11.3. The SMILES string of the molecule is COC(=O)CNC(=O)NCCCCCCNC(=O)NCC(=O)OC. The molecular formula is C14H26N4O6. The summed E-state index contributed by atoms with van der Waals surface area (Å²) in [5.41, 5.74) is 0. The van der Waals surface area contributed by atoms with E-state index in [1.165, 1.54) is 14.2 Å². The molecule has 0 aromatic carbocycles. The maximum Gasteiger partial charge on any atom is 0.325 e. The van der Waals surface area contributed by atoms with Crippen LogP contribution in [0.15, 0.2) is 0 Å². The maximum absolute atomic E-state index is 11.3. The fourth-order valence-corrected chi connectivity index (χ4v) is 1.58. The average molecular weight is 346 g/mol. The molecule has 0 saturated carbocycles. The van der Waals surface area contributed by atoms with Crippen LogP contribution >= 0.6 is 0 Å². The monoisotopic (exact) mass is 346 g/mol. The highest BCUT2D eigenvalue weighted by molar-refractivity contribution is 5.81. The number of hydrogen-bond donors (Lipinski definition) is 4. The van der Waals surface area contributed by atoms with E-state index in [1.54, 1.807) is 0 Å². The van der Waals surface area contributed by atoms with Gasteiger partial charge >= 0.3 is 24.0 Å². The third kappa shape index (κ3) is 13.2. The molecule has 0 atom stereocenters. The molecule has 0 aliphatic rings. The van der Waals surface area contributed by atoms with Gasteiger partial charge in [-0.05, 0) is 12.8 Å². The molecular weight excluding hydrogens is 320 g/mol. The van der Waals surface area contributed by atoms with Crippen LogP contribution in [0.4, 0.5) is 9.59 Å². The molecule has 4 N–H and O–H groups in total. The molecule has 0 aromatic rings. The van der Waals surface area contributed by atoms with Crippen LogP contribution in [0.25, 0.3) is 0 Å². The first-order valence-electron chi connectivity index (χ1n) is 7.66. The van der Waals surface area contributed by atoms with E-state index in [2.05, 4.69) is 30.7 Å². The van der Waals surface area contributed by atoms with E-state index in [0.29, 0.717) is 13.1 Å². The van der Waals surface area contributed by atoms with Crippen LogP contribution in [-0.4, -0.2) is 64.4 Å². The van der Waals surface area contributed by atoms with Crippen molar-refractivity contribution in [1.82, 2.24) is 21.3 Å². The lowest BCUT2D eigenvalue weighted by atomic mass is 10.2. The van der Waals surface area contributed by atoms with E-state index >= 15 is 0 Å². The second-order valence-corrected chi connectivity index (χ2v) is 4.79. The lowest BCUT2D eigenvalue weighted by Gasteiger charge is -2.07. The lowest BCUT2D eigenvalue weighted by molar-refractivity contribution is -0.140. The van der Waals surface area contributed by atoms with Crippen molar-refractivity contribution in [3.05, 3.63) is 0 Å². The summed E-state index contributed by atoms with van der Waals surface area (Å²) < 4.78 is 8.78. The Bertz CT molecular complexity index is 378. The van der Waals surface area contributed by atoms with Crippen LogP contribution < -0.4 is 21.3 Å². The number of esters is 2. The second kappa shape index (κ2) is 14.1. The summed E-state index contributed by atoms with van der Waals surface area (Å²) >= 11 is 0. The van der Waals surface area contributed by atoms with Gasteiger partial charge in [0.25, 0.3) is 0 Å². The number of amides is 4. The molecule has 0 bridgehead atoms. The van der Waals surface area contributed by atoms with Crippen LogP contribution in [0, 0.1) is 0 Å². The van der Waals surface area contributed by atoms with Crippen LogP contribution in [0.5, 0.6) is 0 Å². The minimum atomic E-state index is -0.506. The molecule has 4 amide bonds. The van der Waals surface area contributed by atoms with Crippen molar-refractivity contribution in [2.75, 3.05) is 40.4 Å². The van der Waals surface area contributed by atoms with Crippen molar-refractivity contribution in [2.45, 2.75) is 25.7 Å². The van der Waals surface area contributed by atoms with Gasteiger partial charge in [0.1, 0.15) is 13.1 Å². The molecule has 10 heteroatoms. The highest BCUT2D eigenvalue weighted by Gasteiger charge is 2.04. The quantitative estimate of drug-likeness (QED) is 0.294. The van der Waals surface area contributed by atoms with Crippen molar-refractivity contribution in [3.63, 3.8) is 0 Å². The van der Waals surface area contributed by atoms with Crippen molar-refractivity contribution in [1.29, 1.82) is 0 Å². The number of carbonyl (C=O) groups is 4. The summed E-state index contributed by atoms with van der Waals surface area (Å²) in [4.78, 5) is 44.2. The fourth-order valence-electron chi connectivity index (χ4n) is 1.58. The third-order valence-corrected chi connectivity index (χ3v) is 2.92. The van der Waals surface area contributed by atoms with Gasteiger partial charge in [-0.25, -0.2) is 9.59 Å². The Morgan fingerprint density at radius 1 is 0.625 bits per heavy atom. The van der Waals surface area contributed by atoms with Gasteiger partial charge in [0, 0.05) is 13.1 Å². The first-order chi connectivity index (χ1) is 11.5. The van der Waals surface area contributed by atoms with E-state index in [0.717, 1.165) is 25.7 Å². The Balaban J connectivity index is 3.39. The number of rotatable bonds is 11. The summed E-state index contributed by atoms with van der Waals surface area (Å²) in [7, 11) is 2.50. The van der Waals surface area contributed by atoms with Crippen LogP contribution in [-0.2, 0) is 19.1 Å². The summed E-state index contributed by atoms with van der Waals surface area (Å²) in [5.74, 6) is -1.01. The van der Waals surface area contributed by atoms with E-state index in [1.807, 2.05) is 0 Å². The summed E-state index contributed by atoms with van der Waals surface area (Å²) in [6, 6.07) is -0.825. The summed E-state index contributed by atoms with van der Waals surface area (Å²) in [5, 5.41) is 9.98. The van der Waals surface area contributed by atoms with Gasteiger partial charge in [0.2, 0.25) is 0 Å². The summed E-state index contributed by atoms with van der Waals surface area (Å²) in [6.07, 6.45) is 3.37. The summed E-state index contributed by atoms with van der Waals surface area (Å²) in [6.45, 7) is 0.679. The molecule has 0 fully saturated rings. The molecule has 138 valence electrons. The molecule has 10 nitrogen and oxygen atoms in total. The first kappa shape index (κ1) is 21.5. The zero-order chi connectivity index (χ0) is 18.2. The van der Waals surface area contributed by atoms with Crippen molar-refractivity contribution in [3.8, 4) is 0 Å². The number of carbonyl (C=O) groups excluding carboxylic acids is 4. The standard InChI is InChI=1S/C14H26N4O6/c1-23-11(19)9-17-13(21)15-7-5-3-4-6-8-16-14(22)18-10-12(20)24-2/h3-10H2,1-2H3,(H2,15,17,21)(H2,16,18,22). The van der Waals surface area contributed by atoms with Gasteiger partial charge in [-0.3, -0.25) is 9.59 Å². The molecule has 0 heterocycles. The molecule has 0 aromatic heterocycles. The highest BCUT2D eigenvalue weighted by atomic mass is 16.5. The van der Waals surface area contributed by atoms with Gasteiger partial charge in [-0.2, -0.15) is 0 Å². The van der Waals surface area contributed by atoms with Gasteiger partial charge in [-0.1, -0.05) is 12.8 Å². The Kier molecular flexibility index (Phi) is 12.6. The van der Waals surface area contributed by atoms with Gasteiger partial charge in [-0.15, -0.1) is 0 Å². The molecule has 0 radical (unpaired) electrons. The third-order valence-electron chi connectivity index (χ3n) is 2.92. The molecule has 0 saturated heterocycles.